The summed E-state index contributed by atoms with van der Waals surface area (Å²) in [5.41, 5.74) is 0.345. The maximum Gasteiger partial charge on any atom is 0.327 e. The van der Waals surface area contributed by atoms with Crippen LogP contribution in [0.25, 0.3) is 12.2 Å². The molecule has 2 heterocycles. The van der Waals surface area contributed by atoms with Crippen LogP contribution < -0.4 is 29.6 Å². The lowest BCUT2D eigenvalue weighted by atomic mass is 10.1. The summed E-state index contributed by atoms with van der Waals surface area (Å²) >= 11 is 0. The van der Waals surface area contributed by atoms with Crippen molar-refractivity contribution < 1.29 is 44.9 Å². The number of rotatable bonds is 22. The highest BCUT2D eigenvalue weighted by molar-refractivity contribution is 7.86. The van der Waals surface area contributed by atoms with E-state index < -0.39 is 30.0 Å². The van der Waals surface area contributed by atoms with Crippen molar-refractivity contribution in [2.24, 2.45) is 0 Å². The number of aromatic nitrogens is 4. The van der Waals surface area contributed by atoms with Crippen molar-refractivity contribution in [1.82, 2.24) is 29.7 Å². The van der Waals surface area contributed by atoms with Crippen LogP contribution in [0.1, 0.15) is 52.7 Å². The Morgan fingerprint density at radius 2 is 0.705 bits per heavy atom. The van der Waals surface area contributed by atoms with Gasteiger partial charge in [0.1, 0.15) is 44.4 Å². The number of benzene rings is 6. The van der Waals surface area contributed by atoms with Crippen molar-refractivity contribution in [3.63, 3.8) is 0 Å². The van der Waals surface area contributed by atoms with Crippen molar-refractivity contribution in [1.29, 1.82) is 0 Å². The first-order chi connectivity index (χ1) is 37.6. The number of hydrogen-bond donors (Lipinski definition) is 4. The average molecular weight is 1100 g/mol. The first-order valence-corrected chi connectivity index (χ1v) is 28.1. The van der Waals surface area contributed by atoms with Gasteiger partial charge in [-0.15, -0.1) is 0 Å². The second kappa shape index (κ2) is 29.3. The van der Waals surface area contributed by atoms with Crippen LogP contribution in [0.4, 0.5) is 23.0 Å². The van der Waals surface area contributed by atoms with E-state index in [0.29, 0.717) is 23.0 Å². The molecule has 0 unspecified atom stereocenters. The summed E-state index contributed by atoms with van der Waals surface area (Å²) in [5.74, 6) is 2.42. The minimum absolute atomic E-state index is 0.0155. The molecular weight excluding hydrogens is 1030 g/mol. The Balaban J connectivity index is 0.000000621. The molecule has 4 N–H and O–H groups in total. The SMILES string of the molecule is CCN(CC)CC.CCN(CC)CC.O=S(=O)(O)c1cc(Nc2cc(Oc3ccccc3)nc(Oc3ccccc3)n2)ccc1C=Cc1ccc(Nc2cc(Oc3ccccc3)nc(Oc3ccccc3)n2)cc1S(=O)(=O)O. The molecule has 0 aliphatic rings. The number of nitrogens with zero attached hydrogens (tertiary/aromatic N) is 6. The highest BCUT2D eigenvalue weighted by Crippen LogP contribution is 2.33. The fraction of sp³-hybridized carbons (Fsp3) is 0.207. The number of hydrogen-bond acceptors (Lipinski definition) is 16. The van der Waals surface area contributed by atoms with Crippen molar-refractivity contribution in [2.75, 3.05) is 49.9 Å². The molecule has 0 aliphatic carbocycles. The van der Waals surface area contributed by atoms with Gasteiger partial charge in [0.05, 0.1) is 0 Å². The second-order valence-corrected chi connectivity index (χ2v) is 19.5. The third-order valence-corrected chi connectivity index (χ3v) is 13.3. The third-order valence-electron chi connectivity index (χ3n) is 11.5. The average Bonchev–Trinajstić information content (AvgIpc) is 3.45. The Labute approximate surface area is 456 Å². The van der Waals surface area contributed by atoms with Gasteiger partial charge in [0, 0.05) is 23.5 Å². The molecule has 0 saturated heterocycles. The molecule has 2 aromatic heterocycles. The Hall–Kier alpha value is -8.24. The lowest BCUT2D eigenvalue weighted by Gasteiger charge is -2.13. The lowest BCUT2D eigenvalue weighted by molar-refractivity contribution is 0.321. The minimum Gasteiger partial charge on any atom is -0.439 e. The van der Waals surface area contributed by atoms with E-state index in [1.54, 1.807) is 97.1 Å². The fourth-order valence-electron chi connectivity index (χ4n) is 7.30. The normalized spacial score (nSPS) is 11.3. The summed E-state index contributed by atoms with van der Waals surface area (Å²) in [5, 5.41) is 6.00. The van der Waals surface area contributed by atoms with E-state index in [9.17, 15) is 25.9 Å². The van der Waals surface area contributed by atoms with Crippen LogP contribution in [0, 0.1) is 0 Å². The van der Waals surface area contributed by atoms with E-state index in [-0.39, 0.29) is 57.9 Å². The molecule has 0 spiro atoms. The van der Waals surface area contributed by atoms with Gasteiger partial charge < -0.3 is 39.4 Å². The lowest BCUT2D eigenvalue weighted by Crippen LogP contribution is -2.21. The van der Waals surface area contributed by atoms with Crippen molar-refractivity contribution >= 4 is 55.4 Å². The van der Waals surface area contributed by atoms with Crippen molar-refractivity contribution in [2.45, 2.75) is 51.3 Å². The molecule has 8 aromatic rings. The van der Waals surface area contributed by atoms with E-state index in [4.69, 9.17) is 18.9 Å². The van der Waals surface area contributed by atoms with Gasteiger partial charge >= 0.3 is 12.0 Å². The molecule has 0 saturated carbocycles. The van der Waals surface area contributed by atoms with E-state index in [1.165, 1.54) is 87.8 Å². The van der Waals surface area contributed by atoms with Gasteiger partial charge in [-0.05, 0) is 123 Å². The van der Waals surface area contributed by atoms with Gasteiger partial charge in [0.2, 0.25) is 11.8 Å². The predicted molar refractivity (Wildman–Crippen MR) is 305 cm³/mol. The molecular formula is C58H64N8O10S2. The second-order valence-electron chi connectivity index (χ2n) is 16.7. The smallest absolute Gasteiger partial charge is 0.327 e. The first-order valence-electron chi connectivity index (χ1n) is 25.2. The minimum atomic E-state index is -4.86. The van der Waals surface area contributed by atoms with Crippen LogP contribution in [-0.4, -0.2) is 94.9 Å². The van der Waals surface area contributed by atoms with E-state index in [1.807, 2.05) is 24.3 Å². The molecule has 18 nitrogen and oxygen atoms in total. The number of ether oxygens (including phenoxy) is 4. The molecule has 0 bridgehead atoms. The molecule has 0 atom stereocenters. The molecule has 0 aliphatic heterocycles. The van der Waals surface area contributed by atoms with Gasteiger partial charge in [0.25, 0.3) is 20.2 Å². The summed E-state index contributed by atoms with van der Waals surface area (Å²) in [4.78, 5) is 21.2. The fourth-order valence-corrected chi connectivity index (χ4v) is 8.72. The molecule has 8 rings (SSSR count). The Kier molecular flexibility index (Phi) is 22.2. The van der Waals surface area contributed by atoms with E-state index in [2.05, 4.69) is 81.9 Å². The van der Waals surface area contributed by atoms with Crippen LogP contribution in [0.3, 0.4) is 0 Å². The number of para-hydroxylation sites is 4. The molecule has 20 heteroatoms. The molecule has 408 valence electrons. The molecule has 0 fully saturated rings. The topological polar surface area (TPSA) is 228 Å². The highest BCUT2D eigenvalue weighted by atomic mass is 32.2. The molecule has 6 aromatic carbocycles. The van der Waals surface area contributed by atoms with Crippen molar-refractivity contribution in [3.05, 3.63) is 181 Å². The Bertz CT molecular complexity index is 3040. The summed E-state index contributed by atoms with van der Waals surface area (Å²) in [6.45, 7) is 20.2. The van der Waals surface area contributed by atoms with E-state index >= 15 is 0 Å². The largest absolute Gasteiger partial charge is 0.439 e. The number of anilines is 4. The summed E-state index contributed by atoms with van der Waals surface area (Å²) in [6, 6.07) is 46.3. The Morgan fingerprint density at radius 3 is 0.974 bits per heavy atom. The van der Waals surface area contributed by atoms with Crippen LogP contribution in [0.2, 0.25) is 0 Å². The highest BCUT2D eigenvalue weighted by Gasteiger charge is 2.20. The van der Waals surface area contributed by atoms with Gasteiger partial charge in [-0.1, -0.05) is 139 Å². The summed E-state index contributed by atoms with van der Waals surface area (Å²) in [6.07, 6.45) is 2.55. The van der Waals surface area contributed by atoms with Crippen molar-refractivity contribution in [3.8, 4) is 46.8 Å². The first kappa shape index (κ1) is 59.0. The van der Waals surface area contributed by atoms with E-state index in [0.717, 1.165) is 12.1 Å². The van der Waals surface area contributed by atoms with Gasteiger partial charge in [-0.25, -0.2) is 0 Å². The van der Waals surface area contributed by atoms with Crippen LogP contribution in [0.15, 0.2) is 180 Å². The number of nitrogens with one attached hydrogen (secondary N) is 2. The summed E-state index contributed by atoms with van der Waals surface area (Å²) in [7, 11) is -9.72. The maximum absolute atomic E-state index is 12.7. The molecule has 0 radical (unpaired) electrons. The maximum atomic E-state index is 12.7. The zero-order valence-corrected chi connectivity index (χ0v) is 45.9. The zero-order valence-electron chi connectivity index (χ0n) is 44.2. The molecule has 0 amide bonds. The zero-order chi connectivity index (χ0) is 55.9. The van der Waals surface area contributed by atoms with Gasteiger partial charge in [-0.2, -0.15) is 36.8 Å². The van der Waals surface area contributed by atoms with Crippen LogP contribution >= 0.6 is 0 Å². The summed E-state index contributed by atoms with van der Waals surface area (Å²) < 4.78 is 95.1. The monoisotopic (exact) mass is 1100 g/mol. The van der Waals surface area contributed by atoms with Gasteiger partial charge in [-0.3, -0.25) is 9.11 Å². The quantitative estimate of drug-likeness (QED) is 0.0365. The van der Waals surface area contributed by atoms with Gasteiger partial charge in [0.15, 0.2) is 0 Å². The Morgan fingerprint density at radius 1 is 0.410 bits per heavy atom. The standard InChI is InChI=1S/C46H34N6O10S2.2C6H15N/c53-63(54,55)39-27-33(47-41-29-43(59-35-13-5-1-6-14-35)51-45(49-41)61-37-17-9-3-10-18-37)25-23-31(39)21-22-32-24-26-34(28-40(32)64(56,57)58)48-42-30-44(60-36-15-7-2-8-16-36)52-46(50-42)62-38-19-11-4-12-20-38;2*1-4-7(5-2)6-3/h1-30H,(H,47,49,51)(H,48,50,52)(H,53,54,55)(H,56,57,58);2*4-6H2,1-3H3. The van der Waals surface area contributed by atoms with Crippen LogP contribution in [-0.2, 0) is 20.2 Å². The molecule has 78 heavy (non-hydrogen) atoms. The third kappa shape index (κ3) is 18.8. The predicted octanol–water partition coefficient (Wildman–Crippen LogP) is 13.3. The van der Waals surface area contributed by atoms with Crippen LogP contribution in [0.5, 0.6) is 46.8 Å².